The van der Waals surface area contributed by atoms with Gasteiger partial charge in [0, 0.05) is 18.4 Å². The first-order chi connectivity index (χ1) is 6.27. The highest BCUT2D eigenvalue weighted by molar-refractivity contribution is 7.71. The van der Waals surface area contributed by atoms with Gasteiger partial charge in [-0.15, -0.1) is 0 Å². The van der Waals surface area contributed by atoms with E-state index in [-0.39, 0.29) is 0 Å². The van der Waals surface area contributed by atoms with E-state index in [0.29, 0.717) is 18.9 Å². The molecule has 72 valence electrons. The molecule has 0 aromatic carbocycles. The van der Waals surface area contributed by atoms with Crippen LogP contribution in [0.3, 0.4) is 0 Å². The summed E-state index contributed by atoms with van der Waals surface area (Å²) < 4.78 is 15.7. The molecule has 1 aromatic rings. The molecule has 2 nitrogen and oxygen atoms in total. The van der Waals surface area contributed by atoms with Gasteiger partial charge in [0.2, 0.25) is 0 Å². The number of imidazole rings is 1. The first-order valence-corrected chi connectivity index (χ1v) is 5.08. The summed E-state index contributed by atoms with van der Waals surface area (Å²) in [5.41, 5.74) is 0. The van der Waals surface area contributed by atoms with Crippen LogP contribution < -0.4 is 0 Å². The monoisotopic (exact) mass is 200 g/mol. The van der Waals surface area contributed by atoms with Crippen molar-refractivity contribution in [2.75, 3.05) is 0 Å². The zero-order valence-electron chi connectivity index (χ0n) is 7.37. The van der Waals surface area contributed by atoms with E-state index < -0.39 is 6.17 Å². The number of H-pyrrole nitrogens is 1. The minimum Gasteiger partial charge on any atom is -0.337 e. The van der Waals surface area contributed by atoms with E-state index in [9.17, 15) is 4.39 Å². The van der Waals surface area contributed by atoms with E-state index in [4.69, 9.17) is 12.2 Å². The molecule has 2 rings (SSSR count). The summed E-state index contributed by atoms with van der Waals surface area (Å²) >= 11 is 5.11. The molecule has 1 aromatic heterocycles. The molecule has 1 heterocycles. The molecule has 1 aliphatic carbocycles. The van der Waals surface area contributed by atoms with Crippen molar-refractivity contribution < 1.29 is 4.39 Å². The van der Waals surface area contributed by atoms with E-state index >= 15 is 0 Å². The van der Waals surface area contributed by atoms with Crippen LogP contribution in [0.4, 0.5) is 4.39 Å². The molecule has 0 unspecified atom stereocenters. The van der Waals surface area contributed by atoms with Gasteiger partial charge in [-0.05, 0) is 37.9 Å². The quantitative estimate of drug-likeness (QED) is 0.691. The Balaban J connectivity index is 2.11. The van der Waals surface area contributed by atoms with Crippen LogP contribution in [0.2, 0.25) is 0 Å². The number of alkyl halides is 1. The van der Waals surface area contributed by atoms with Crippen molar-refractivity contribution in [3.63, 3.8) is 0 Å². The molecule has 1 saturated carbocycles. The van der Waals surface area contributed by atoms with Crippen molar-refractivity contribution in [2.45, 2.75) is 37.9 Å². The number of hydrogen-bond donors (Lipinski definition) is 1. The lowest BCUT2D eigenvalue weighted by molar-refractivity contribution is 0.208. The summed E-state index contributed by atoms with van der Waals surface area (Å²) in [6.07, 6.45) is 6.37. The van der Waals surface area contributed by atoms with Crippen molar-refractivity contribution in [1.82, 2.24) is 9.55 Å². The Morgan fingerprint density at radius 3 is 2.62 bits per heavy atom. The second kappa shape index (κ2) is 3.62. The largest absolute Gasteiger partial charge is 0.337 e. The maximum absolute atomic E-state index is 12.9. The van der Waals surface area contributed by atoms with Crippen LogP contribution in [0, 0.1) is 4.77 Å². The minimum atomic E-state index is -0.593. The molecule has 0 radical (unpaired) electrons. The summed E-state index contributed by atoms with van der Waals surface area (Å²) in [6, 6.07) is 0.408. The highest BCUT2D eigenvalue weighted by atomic mass is 32.1. The molecule has 4 heteroatoms. The van der Waals surface area contributed by atoms with Crippen molar-refractivity contribution in [3.05, 3.63) is 17.2 Å². The van der Waals surface area contributed by atoms with E-state index in [1.807, 2.05) is 17.0 Å². The molecular weight excluding hydrogens is 187 g/mol. The Morgan fingerprint density at radius 1 is 1.38 bits per heavy atom. The molecule has 0 amide bonds. The summed E-state index contributed by atoms with van der Waals surface area (Å²) in [4.78, 5) is 2.96. The average molecular weight is 200 g/mol. The van der Waals surface area contributed by atoms with E-state index in [1.165, 1.54) is 0 Å². The number of rotatable bonds is 1. The maximum atomic E-state index is 12.9. The number of halogens is 1. The third-order valence-electron chi connectivity index (χ3n) is 2.70. The predicted molar refractivity (Wildman–Crippen MR) is 52.0 cm³/mol. The molecule has 0 spiro atoms. The zero-order valence-corrected chi connectivity index (χ0v) is 8.19. The second-order valence-electron chi connectivity index (χ2n) is 3.58. The summed E-state index contributed by atoms with van der Waals surface area (Å²) in [7, 11) is 0. The predicted octanol–water partition coefficient (Wildman–Crippen LogP) is 3.00. The fourth-order valence-corrected chi connectivity index (χ4v) is 2.21. The number of aromatic amines is 1. The topological polar surface area (TPSA) is 20.7 Å². The molecule has 13 heavy (non-hydrogen) atoms. The van der Waals surface area contributed by atoms with Crippen LogP contribution in [0.15, 0.2) is 12.4 Å². The molecule has 0 atom stereocenters. The van der Waals surface area contributed by atoms with Crippen LogP contribution in [0.5, 0.6) is 0 Å². The Morgan fingerprint density at radius 2 is 2.08 bits per heavy atom. The molecular formula is C9H13FN2S. The Bertz CT molecular complexity index is 322. The van der Waals surface area contributed by atoms with Gasteiger partial charge in [0.25, 0.3) is 0 Å². The fourth-order valence-electron chi connectivity index (χ4n) is 1.93. The van der Waals surface area contributed by atoms with Crippen LogP contribution in [-0.2, 0) is 0 Å². The van der Waals surface area contributed by atoms with Gasteiger partial charge in [0.15, 0.2) is 4.77 Å². The highest BCUT2D eigenvalue weighted by Gasteiger charge is 2.21. The van der Waals surface area contributed by atoms with Gasteiger partial charge in [0.05, 0.1) is 0 Å². The number of aromatic nitrogens is 2. The molecule has 0 saturated heterocycles. The standard InChI is InChI=1S/C9H13FN2S/c10-7-1-3-8(4-2-7)12-6-5-11-9(12)13/h5-8H,1-4H2,(H,11,13). The Kier molecular flexibility index (Phi) is 2.49. The molecule has 0 aliphatic heterocycles. The van der Waals surface area contributed by atoms with Crippen LogP contribution in [0.1, 0.15) is 31.7 Å². The molecule has 1 aliphatic rings. The summed E-state index contributed by atoms with van der Waals surface area (Å²) in [5.74, 6) is 0. The molecule has 0 bridgehead atoms. The highest BCUT2D eigenvalue weighted by Crippen LogP contribution is 2.29. The van der Waals surface area contributed by atoms with Crippen LogP contribution in [-0.4, -0.2) is 15.7 Å². The lowest BCUT2D eigenvalue weighted by Crippen LogP contribution is -2.18. The number of nitrogens with one attached hydrogen (secondary N) is 1. The van der Waals surface area contributed by atoms with E-state index in [0.717, 1.165) is 17.6 Å². The third kappa shape index (κ3) is 1.82. The minimum absolute atomic E-state index is 0.408. The first-order valence-electron chi connectivity index (χ1n) is 4.67. The van der Waals surface area contributed by atoms with Gasteiger partial charge in [-0.25, -0.2) is 4.39 Å². The van der Waals surface area contributed by atoms with Gasteiger partial charge in [-0.2, -0.15) is 0 Å². The fraction of sp³-hybridized carbons (Fsp3) is 0.667. The summed E-state index contributed by atoms with van der Waals surface area (Å²) in [5, 5.41) is 0. The average Bonchev–Trinajstić information content (AvgIpc) is 2.53. The first kappa shape index (κ1) is 8.94. The van der Waals surface area contributed by atoms with Crippen LogP contribution >= 0.6 is 12.2 Å². The maximum Gasteiger partial charge on any atom is 0.177 e. The summed E-state index contributed by atoms with van der Waals surface area (Å²) in [6.45, 7) is 0. The smallest absolute Gasteiger partial charge is 0.177 e. The van der Waals surface area contributed by atoms with Gasteiger partial charge >= 0.3 is 0 Å². The van der Waals surface area contributed by atoms with Crippen molar-refractivity contribution >= 4 is 12.2 Å². The van der Waals surface area contributed by atoms with Gasteiger partial charge in [-0.1, -0.05) is 0 Å². The Labute approximate surface area is 81.8 Å². The molecule has 1 N–H and O–H groups in total. The zero-order chi connectivity index (χ0) is 9.26. The normalized spacial score (nSPS) is 29.0. The second-order valence-corrected chi connectivity index (χ2v) is 3.97. The van der Waals surface area contributed by atoms with Gasteiger partial charge in [-0.3, -0.25) is 0 Å². The van der Waals surface area contributed by atoms with Crippen molar-refractivity contribution in [1.29, 1.82) is 0 Å². The number of hydrogen-bond acceptors (Lipinski definition) is 1. The molecule has 1 fully saturated rings. The number of nitrogens with zero attached hydrogens (tertiary/aromatic N) is 1. The van der Waals surface area contributed by atoms with Gasteiger partial charge in [0.1, 0.15) is 6.17 Å². The third-order valence-corrected chi connectivity index (χ3v) is 3.02. The van der Waals surface area contributed by atoms with E-state index in [2.05, 4.69) is 4.98 Å². The van der Waals surface area contributed by atoms with E-state index in [1.54, 1.807) is 0 Å². The SMILES string of the molecule is FC1CCC(n2cc[nH]c2=S)CC1. The van der Waals surface area contributed by atoms with Gasteiger partial charge < -0.3 is 9.55 Å². The van der Waals surface area contributed by atoms with Crippen molar-refractivity contribution in [3.8, 4) is 0 Å². The lowest BCUT2D eigenvalue weighted by Gasteiger charge is -2.25. The lowest BCUT2D eigenvalue weighted by atomic mass is 9.94. The van der Waals surface area contributed by atoms with Crippen molar-refractivity contribution in [2.24, 2.45) is 0 Å². The van der Waals surface area contributed by atoms with Crippen LogP contribution in [0.25, 0.3) is 0 Å². The Hall–Kier alpha value is -0.640.